The first-order valence-corrected chi connectivity index (χ1v) is 7.40. The van der Waals surface area contributed by atoms with Gasteiger partial charge < -0.3 is 9.47 Å². The van der Waals surface area contributed by atoms with E-state index in [9.17, 15) is 0 Å². The van der Waals surface area contributed by atoms with E-state index in [-0.39, 0.29) is 5.60 Å². The molecule has 0 saturated heterocycles. The van der Waals surface area contributed by atoms with Gasteiger partial charge in [-0.25, -0.2) is 0 Å². The smallest absolute Gasteiger partial charge is 0.208 e. The van der Waals surface area contributed by atoms with Gasteiger partial charge in [-0.1, -0.05) is 38.1 Å². The predicted molar refractivity (Wildman–Crippen MR) is 85.9 cm³/mol. The first-order valence-electron chi connectivity index (χ1n) is 7.40. The summed E-state index contributed by atoms with van der Waals surface area (Å²) in [7, 11) is 0. The Balaban J connectivity index is 2.84. The van der Waals surface area contributed by atoms with Gasteiger partial charge in [0.05, 0.1) is 5.60 Å². The third-order valence-electron chi connectivity index (χ3n) is 2.96. The van der Waals surface area contributed by atoms with Crippen molar-refractivity contribution in [3.8, 4) is 5.75 Å². The molecule has 2 heteroatoms. The molecule has 1 unspecified atom stereocenters. The number of hydrogen-bond donors (Lipinski definition) is 0. The highest BCUT2D eigenvalue weighted by Gasteiger charge is 2.32. The van der Waals surface area contributed by atoms with Crippen LogP contribution in [-0.2, 0) is 4.74 Å². The van der Waals surface area contributed by atoms with E-state index in [4.69, 9.17) is 9.47 Å². The summed E-state index contributed by atoms with van der Waals surface area (Å²) in [5, 5.41) is 0. The lowest BCUT2D eigenvalue weighted by molar-refractivity contribution is -0.228. The molecule has 0 spiro atoms. The minimum Gasteiger partial charge on any atom is -0.463 e. The van der Waals surface area contributed by atoms with Crippen LogP contribution in [0.5, 0.6) is 5.75 Å². The van der Waals surface area contributed by atoms with Crippen LogP contribution < -0.4 is 4.74 Å². The van der Waals surface area contributed by atoms with Crippen LogP contribution in [0.3, 0.4) is 0 Å². The van der Waals surface area contributed by atoms with Gasteiger partial charge in [-0.3, -0.25) is 0 Å². The molecule has 1 aromatic carbocycles. The fourth-order valence-corrected chi connectivity index (χ4v) is 2.19. The van der Waals surface area contributed by atoms with E-state index in [1.165, 1.54) is 0 Å². The quantitative estimate of drug-likeness (QED) is 0.618. The normalized spacial score (nSPS) is 14.7. The van der Waals surface area contributed by atoms with Crippen LogP contribution in [-0.4, -0.2) is 11.4 Å². The zero-order valence-electron chi connectivity index (χ0n) is 13.5. The highest BCUT2D eigenvalue weighted by Crippen LogP contribution is 2.29. The summed E-state index contributed by atoms with van der Waals surface area (Å²) < 4.78 is 12.3. The van der Waals surface area contributed by atoms with Crippen molar-refractivity contribution >= 4 is 6.08 Å². The number of rotatable bonds is 7. The Bertz CT molecular complexity index is 414. The fraction of sp³-hybridized carbons (Fsp3) is 0.556. The lowest BCUT2D eigenvalue weighted by Gasteiger charge is -2.37. The van der Waals surface area contributed by atoms with E-state index in [2.05, 4.69) is 34.3 Å². The maximum Gasteiger partial charge on any atom is 0.208 e. The highest BCUT2D eigenvalue weighted by molar-refractivity contribution is 5.48. The summed E-state index contributed by atoms with van der Waals surface area (Å²) in [6.45, 7) is 14.1. The standard InChI is InChI=1S/C18H28O2/c1-7-9-14-18(6,20-17(3,4)5)19-16-12-10-15(8-2)11-13-16/h8,10-13H,2,7,9,14H2,1,3-6H3. The molecule has 0 saturated carbocycles. The van der Waals surface area contributed by atoms with Crippen molar-refractivity contribution in [1.29, 1.82) is 0 Å². The van der Waals surface area contributed by atoms with E-state index >= 15 is 0 Å². The summed E-state index contributed by atoms with van der Waals surface area (Å²) in [4.78, 5) is 0. The van der Waals surface area contributed by atoms with Gasteiger partial charge in [-0.15, -0.1) is 0 Å². The third kappa shape index (κ3) is 5.79. The van der Waals surface area contributed by atoms with Crippen molar-refractivity contribution in [2.24, 2.45) is 0 Å². The molecule has 0 radical (unpaired) electrons. The Hall–Kier alpha value is -1.28. The van der Waals surface area contributed by atoms with E-state index < -0.39 is 5.79 Å². The van der Waals surface area contributed by atoms with E-state index in [1.807, 2.05) is 37.3 Å². The summed E-state index contributed by atoms with van der Waals surface area (Å²) in [6.07, 6.45) is 4.91. The summed E-state index contributed by atoms with van der Waals surface area (Å²) >= 11 is 0. The van der Waals surface area contributed by atoms with Crippen molar-refractivity contribution < 1.29 is 9.47 Å². The molecule has 0 heterocycles. The predicted octanol–water partition coefficient (Wildman–Crippen LogP) is 5.43. The maximum absolute atomic E-state index is 6.15. The molecule has 0 N–H and O–H groups in total. The second-order valence-corrected chi connectivity index (χ2v) is 6.33. The van der Waals surface area contributed by atoms with Gasteiger partial charge in [-0.05, 0) is 44.9 Å². The lowest BCUT2D eigenvalue weighted by Crippen LogP contribution is -2.42. The third-order valence-corrected chi connectivity index (χ3v) is 2.96. The van der Waals surface area contributed by atoms with Gasteiger partial charge in [0.1, 0.15) is 5.75 Å². The first kappa shape index (κ1) is 16.8. The molecular weight excluding hydrogens is 248 g/mol. The van der Waals surface area contributed by atoms with Gasteiger partial charge in [0.15, 0.2) is 0 Å². The molecule has 112 valence electrons. The minimum absolute atomic E-state index is 0.233. The van der Waals surface area contributed by atoms with Gasteiger partial charge in [0.25, 0.3) is 0 Å². The van der Waals surface area contributed by atoms with Gasteiger partial charge >= 0.3 is 0 Å². The number of benzene rings is 1. The van der Waals surface area contributed by atoms with Crippen molar-refractivity contribution in [3.05, 3.63) is 36.4 Å². The molecule has 0 bridgehead atoms. The molecule has 0 fully saturated rings. The topological polar surface area (TPSA) is 18.5 Å². The molecule has 1 aromatic rings. The first-order chi connectivity index (χ1) is 9.28. The molecule has 0 aliphatic heterocycles. The van der Waals surface area contributed by atoms with Crippen molar-refractivity contribution in [2.45, 2.75) is 65.3 Å². The Morgan fingerprint density at radius 3 is 2.15 bits per heavy atom. The van der Waals surface area contributed by atoms with Crippen LogP contribution in [0.4, 0.5) is 0 Å². The van der Waals surface area contributed by atoms with Crippen LogP contribution in [0.25, 0.3) is 6.08 Å². The van der Waals surface area contributed by atoms with Crippen LogP contribution in [0.2, 0.25) is 0 Å². The number of ether oxygens (including phenoxy) is 2. The zero-order valence-corrected chi connectivity index (χ0v) is 13.5. The molecule has 20 heavy (non-hydrogen) atoms. The Kier molecular flexibility index (Phi) is 5.82. The second kappa shape index (κ2) is 6.94. The average Bonchev–Trinajstić information content (AvgIpc) is 2.35. The Labute approximate surface area is 123 Å². The molecular formula is C18H28O2. The Morgan fingerprint density at radius 2 is 1.70 bits per heavy atom. The summed E-state index contributed by atoms with van der Waals surface area (Å²) in [6, 6.07) is 7.93. The summed E-state index contributed by atoms with van der Waals surface area (Å²) in [5.41, 5.74) is 0.855. The SMILES string of the molecule is C=Cc1ccc(OC(C)(CCCC)OC(C)(C)C)cc1. The van der Waals surface area contributed by atoms with Crippen LogP contribution in [0, 0.1) is 0 Å². The molecule has 0 aliphatic rings. The largest absolute Gasteiger partial charge is 0.463 e. The molecule has 0 aromatic heterocycles. The van der Waals surface area contributed by atoms with Crippen LogP contribution in [0.1, 0.15) is 59.4 Å². The van der Waals surface area contributed by atoms with Crippen molar-refractivity contribution in [3.63, 3.8) is 0 Å². The van der Waals surface area contributed by atoms with Gasteiger partial charge in [0, 0.05) is 13.3 Å². The monoisotopic (exact) mass is 276 g/mol. The molecule has 2 nitrogen and oxygen atoms in total. The fourth-order valence-electron chi connectivity index (χ4n) is 2.19. The highest BCUT2D eigenvalue weighted by atomic mass is 16.7. The second-order valence-electron chi connectivity index (χ2n) is 6.33. The zero-order chi connectivity index (χ0) is 15.2. The van der Waals surface area contributed by atoms with Crippen molar-refractivity contribution in [1.82, 2.24) is 0 Å². The van der Waals surface area contributed by atoms with Gasteiger partial charge in [-0.2, -0.15) is 0 Å². The minimum atomic E-state index is -0.593. The molecule has 1 atom stereocenters. The summed E-state index contributed by atoms with van der Waals surface area (Å²) in [5.74, 6) is 0.239. The van der Waals surface area contributed by atoms with Crippen LogP contribution >= 0.6 is 0 Å². The number of hydrogen-bond acceptors (Lipinski definition) is 2. The molecule has 0 amide bonds. The van der Waals surface area contributed by atoms with E-state index in [0.717, 1.165) is 30.6 Å². The van der Waals surface area contributed by atoms with E-state index in [0.29, 0.717) is 0 Å². The van der Waals surface area contributed by atoms with E-state index in [1.54, 1.807) is 0 Å². The molecule has 0 aliphatic carbocycles. The average molecular weight is 276 g/mol. The maximum atomic E-state index is 6.15. The molecule has 1 rings (SSSR count). The van der Waals surface area contributed by atoms with Crippen molar-refractivity contribution in [2.75, 3.05) is 0 Å². The Morgan fingerprint density at radius 1 is 1.10 bits per heavy atom. The van der Waals surface area contributed by atoms with Gasteiger partial charge in [0.2, 0.25) is 5.79 Å². The number of unbranched alkanes of at least 4 members (excludes halogenated alkanes) is 1. The van der Waals surface area contributed by atoms with Crippen LogP contribution in [0.15, 0.2) is 30.8 Å². The lowest BCUT2D eigenvalue weighted by atomic mass is 10.1.